The monoisotopic (exact) mass is 400 g/mol. The summed E-state index contributed by atoms with van der Waals surface area (Å²) in [5.41, 5.74) is 1.74. The Morgan fingerprint density at radius 3 is 2.54 bits per heavy atom. The third kappa shape index (κ3) is 3.83. The molecule has 0 aromatic heterocycles. The van der Waals surface area contributed by atoms with Gasteiger partial charge in [-0.25, -0.2) is 8.42 Å². The van der Waals surface area contributed by atoms with E-state index in [1.807, 2.05) is 18.2 Å². The van der Waals surface area contributed by atoms with Gasteiger partial charge in [0, 0.05) is 11.6 Å². The van der Waals surface area contributed by atoms with Gasteiger partial charge in [0.05, 0.1) is 42.7 Å². The minimum atomic E-state index is -3.56. The molecule has 0 spiro atoms. The average Bonchev–Trinajstić information content (AvgIpc) is 2.74. The molecule has 1 N–H and O–H groups in total. The van der Waals surface area contributed by atoms with Gasteiger partial charge in [-0.15, -0.1) is 0 Å². The van der Waals surface area contributed by atoms with Crippen LogP contribution in [0.2, 0.25) is 0 Å². The Kier molecular flexibility index (Phi) is 5.22. The number of nitrogens with one attached hydrogen (secondary N) is 1. The van der Waals surface area contributed by atoms with Gasteiger partial charge in [0.25, 0.3) is 0 Å². The predicted octanol–water partition coefficient (Wildman–Crippen LogP) is 0.419. The Morgan fingerprint density at radius 1 is 1.04 bits per heavy atom. The molecular weight excluding hydrogens is 378 g/mol. The predicted molar refractivity (Wildman–Crippen MR) is 102 cm³/mol. The molecule has 0 atom stereocenters. The van der Waals surface area contributed by atoms with Crippen LogP contribution in [0.3, 0.4) is 0 Å². The van der Waals surface area contributed by atoms with Gasteiger partial charge in [0.15, 0.2) is 11.5 Å². The molecule has 8 heteroatoms. The summed E-state index contributed by atoms with van der Waals surface area (Å²) in [7, 11) is -3.56. The fraction of sp³-hybridized carbons (Fsp3) is 0.350. The summed E-state index contributed by atoms with van der Waals surface area (Å²) in [5, 5.41) is 9.03. The number of piperazine rings is 1. The van der Waals surface area contributed by atoms with Crippen LogP contribution in [-0.4, -0.2) is 52.1 Å². The van der Waals surface area contributed by atoms with Crippen LogP contribution < -0.4 is 14.4 Å². The minimum absolute atomic E-state index is 0.238. The first-order valence-electron chi connectivity index (χ1n) is 9.29. The van der Waals surface area contributed by atoms with Gasteiger partial charge in [-0.1, -0.05) is 12.1 Å². The molecule has 2 aromatic carbocycles. The lowest BCUT2D eigenvalue weighted by Gasteiger charge is -2.31. The summed E-state index contributed by atoms with van der Waals surface area (Å²) < 4.78 is 38.5. The van der Waals surface area contributed by atoms with Crippen molar-refractivity contribution in [3.63, 3.8) is 0 Å². The standard InChI is InChI=1S/C20H21N3O4S/c21-14-16-2-1-3-17(12-16)15-22-6-8-23(9-7-22)28(24,25)18-4-5-19-20(13-18)27-11-10-26-19/h1-5,12-13H,6-11,15H2/p+1. The van der Waals surface area contributed by atoms with E-state index in [1.54, 1.807) is 24.3 Å². The van der Waals surface area contributed by atoms with Crippen molar-refractivity contribution in [2.45, 2.75) is 11.4 Å². The maximum Gasteiger partial charge on any atom is 0.243 e. The molecule has 0 amide bonds. The van der Waals surface area contributed by atoms with E-state index in [9.17, 15) is 8.42 Å². The van der Waals surface area contributed by atoms with Crippen LogP contribution in [0.25, 0.3) is 0 Å². The Morgan fingerprint density at radius 2 is 1.79 bits per heavy atom. The number of benzene rings is 2. The van der Waals surface area contributed by atoms with Crippen molar-refractivity contribution < 1.29 is 22.8 Å². The van der Waals surface area contributed by atoms with Crippen molar-refractivity contribution in [3.05, 3.63) is 53.6 Å². The highest BCUT2D eigenvalue weighted by Gasteiger charge is 2.31. The molecule has 1 fully saturated rings. The second kappa shape index (κ2) is 7.80. The van der Waals surface area contributed by atoms with E-state index >= 15 is 0 Å². The van der Waals surface area contributed by atoms with Crippen LogP contribution in [0.1, 0.15) is 11.1 Å². The van der Waals surface area contributed by atoms with E-state index in [-0.39, 0.29) is 4.90 Å². The van der Waals surface area contributed by atoms with Crippen molar-refractivity contribution in [3.8, 4) is 17.6 Å². The average molecular weight is 400 g/mol. The summed E-state index contributed by atoms with van der Waals surface area (Å²) in [4.78, 5) is 1.55. The Hall–Kier alpha value is -2.60. The van der Waals surface area contributed by atoms with Gasteiger partial charge in [0.1, 0.15) is 19.8 Å². The molecule has 7 nitrogen and oxygen atoms in total. The number of ether oxygens (including phenoxy) is 2. The lowest BCUT2D eigenvalue weighted by Crippen LogP contribution is -3.13. The van der Waals surface area contributed by atoms with E-state index in [4.69, 9.17) is 14.7 Å². The van der Waals surface area contributed by atoms with Gasteiger partial charge >= 0.3 is 0 Å². The van der Waals surface area contributed by atoms with Crippen molar-refractivity contribution in [2.24, 2.45) is 0 Å². The summed E-state index contributed by atoms with van der Waals surface area (Å²) in [6, 6.07) is 14.5. The van der Waals surface area contributed by atoms with E-state index < -0.39 is 10.0 Å². The summed E-state index contributed by atoms with van der Waals surface area (Å²) in [6.07, 6.45) is 0. The van der Waals surface area contributed by atoms with Crippen LogP contribution >= 0.6 is 0 Å². The first-order chi connectivity index (χ1) is 13.6. The van der Waals surface area contributed by atoms with E-state index in [2.05, 4.69) is 6.07 Å². The molecular formula is C20H22N3O4S+. The molecule has 2 aromatic rings. The van der Waals surface area contributed by atoms with E-state index in [1.165, 1.54) is 9.21 Å². The quantitative estimate of drug-likeness (QED) is 0.804. The molecule has 28 heavy (non-hydrogen) atoms. The molecule has 0 unspecified atom stereocenters. The molecule has 0 bridgehead atoms. The van der Waals surface area contributed by atoms with E-state index in [0.29, 0.717) is 43.4 Å². The van der Waals surface area contributed by atoms with Crippen LogP contribution in [0.4, 0.5) is 0 Å². The second-order valence-electron chi connectivity index (χ2n) is 6.95. The van der Waals surface area contributed by atoms with Crippen LogP contribution in [-0.2, 0) is 16.6 Å². The Bertz CT molecular complexity index is 1010. The number of hydrogen-bond acceptors (Lipinski definition) is 5. The molecule has 4 rings (SSSR count). The van der Waals surface area contributed by atoms with Gasteiger partial charge in [-0.3, -0.25) is 0 Å². The van der Waals surface area contributed by atoms with Gasteiger partial charge in [0.2, 0.25) is 10.0 Å². The van der Waals surface area contributed by atoms with Gasteiger partial charge < -0.3 is 14.4 Å². The van der Waals surface area contributed by atoms with Crippen molar-refractivity contribution in [1.82, 2.24) is 4.31 Å². The molecule has 0 aliphatic carbocycles. The van der Waals surface area contributed by atoms with Crippen molar-refractivity contribution >= 4 is 10.0 Å². The maximum atomic E-state index is 13.0. The number of sulfonamides is 1. The smallest absolute Gasteiger partial charge is 0.243 e. The highest BCUT2D eigenvalue weighted by Crippen LogP contribution is 2.33. The summed E-state index contributed by atoms with van der Waals surface area (Å²) in [5.74, 6) is 1.06. The summed E-state index contributed by atoms with van der Waals surface area (Å²) >= 11 is 0. The fourth-order valence-electron chi connectivity index (χ4n) is 3.59. The van der Waals surface area contributed by atoms with Crippen LogP contribution in [0, 0.1) is 11.3 Å². The first-order valence-corrected chi connectivity index (χ1v) is 10.7. The lowest BCUT2D eigenvalue weighted by atomic mass is 10.1. The second-order valence-corrected chi connectivity index (χ2v) is 8.89. The van der Waals surface area contributed by atoms with Gasteiger partial charge in [-0.05, 0) is 24.3 Å². The molecule has 2 aliphatic rings. The normalized spacial score (nSPS) is 17.8. The zero-order valence-corrected chi connectivity index (χ0v) is 16.2. The topological polar surface area (TPSA) is 84.1 Å². The zero-order chi connectivity index (χ0) is 19.6. The SMILES string of the molecule is N#Cc1cccc(C[NH+]2CCN(S(=O)(=O)c3ccc4c(c3)OCCO4)CC2)c1. The van der Waals surface area contributed by atoms with Crippen LogP contribution in [0.5, 0.6) is 11.5 Å². The van der Waals surface area contributed by atoms with Crippen molar-refractivity contribution in [1.29, 1.82) is 5.26 Å². The molecule has 0 saturated carbocycles. The third-order valence-electron chi connectivity index (χ3n) is 5.09. The molecule has 2 heterocycles. The first kappa shape index (κ1) is 18.7. The molecule has 0 radical (unpaired) electrons. The molecule has 146 valence electrons. The highest BCUT2D eigenvalue weighted by molar-refractivity contribution is 7.89. The number of nitrogens with zero attached hydrogens (tertiary/aromatic N) is 2. The lowest BCUT2D eigenvalue weighted by molar-refractivity contribution is -0.917. The Labute approximate surface area is 164 Å². The Balaban J connectivity index is 1.42. The number of hydrogen-bond donors (Lipinski definition) is 1. The summed E-state index contributed by atoms with van der Waals surface area (Å²) in [6.45, 7) is 4.05. The molecule has 2 aliphatic heterocycles. The van der Waals surface area contributed by atoms with Crippen LogP contribution in [0.15, 0.2) is 47.4 Å². The third-order valence-corrected chi connectivity index (χ3v) is 6.99. The maximum absolute atomic E-state index is 13.0. The largest absolute Gasteiger partial charge is 0.486 e. The van der Waals surface area contributed by atoms with Gasteiger partial charge in [-0.2, -0.15) is 9.57 Å². The highest BCUT2D eigenvalue weighted by atomic mass is 32.2. The molecule has 1 saturated heterocycles. The number of rotatable bonds is 4. The zero-order valence-electron chi connectivity index (χ0n) is 15.4. The number of nitriles is 1. The van der Waals surface area contributed by atoms with Crippen molar-refractivity contribution in [2.75, 3.05) is 39.4 Å². The fourth-order valence-corrected chi connectivity index (χ4v) is 5.05. The minimum Gasteiger partial charge on any atom is -0.486 e. The van der Waals surface area contributed by atoms with E-state index in [0.717, 1.165) is 25.2 Å². The number of fused-ring (bicyclic) bond motifs is 1. The number of quaternary nitrogens is 1.